The molecule has 4 aromatic rings. The summed E-state index contributed by atoms with van der Waals surface area (Å²) >= 11 is 0. The van der Waals surface area contributed by atoms with E-state index in [0.29, 0.717) is 13.2 Å². The van der Waals surface area contributed by atoms with Crippen molar-refractivity contribution in [1.29, 1.82) is 0 Å². The van der Waals surface area contributed by atoms with Crippen molar-refractivity contribution in [1.82, 2.24) is 20.2 Å². The van der Waals surface area contributed by atoms with Crippen LogP contribution in [0.5, 0.6) is 0 Å². The number of aromatic nitrogens is 4. The maximum Gasteiger partial charge on any atom is 0.130 e. The third kappa shape index (κ3) is 3.67. The second-order valence-corrected chi connectivity index (χ2v) is 7.68. The third-order valence-electron chi connectivity index (χ3n) is 5.80. The van der Waals surface area contributed by atoms with Gasteiger partial charge in [0.1, 0.15) is 17.0 Å². The van der Waals surface area contributed by atoms with Crippen LogP contribution in [-0.4, -0.2) is 53.2 Å². The highest BCUT2D eigenvalue weighted by atomic mass is 16.5. The number of anilines is 1. The van der Waals surface area contributed by atoms with Gasteiger partial charge in [0, 0.05) is 42.3 Å². The van der Waals surface area contributed by atoms with Gasteiger partial charge < -0.3 is 9.64 Å². The summed E-state index contributed by atoms with van der Waals surface area (Å²) < 4.78 is 5.56. The van der Waals surface area contributed by atoms with Crippen molar-refractivity contribution in [3.63, 3.8) is 0 Å². The number of morpholine rings is 1. The lowest BCUT2D eigenvalue weighted by Gasteiger charge is -2.28. The Balaban J connectivity index is 1.84. The van der Waals surface area contributed by atoms with E-state index < -0.39 is 0 Å². The Hall–Kier alpha value is -3.84. The average molecular weight is 425 g/mol. The summed E-state index contributed by atoms with van der Waals surface area (Å²) in [6.07, 6.45) is 5.35. The number of H-pyrrole nitrogens is 1. The van der Waals surface area contributed by atoms with E-state index in [1.807, 2.05) is 30.5 Å². The molecule has 1 aliphatic heterocycles. The van der Waals surface area contributed by atoms with Gasteiger partial charge in [0.25, 0.3) is 0 Å². The van der Waals surface area contributed by atoms with Crippen LogP contribution >= 0.6 is 0 Å². The van der Waals surface area contributed by atoms with Crippen molar-refractivity contribution in [3.05, 3.63) is 70.9 Å². The number of nitrogens with one attached hydrogen (secondary N) is 1. The molecule has 4 heterocycles. The molecule has 0 radical (unpaired) electrons. The monoisotopic (exact) mass is 424 g/mol. The molecule has 1 fully saturated rings. The summed E-state index contributed by atoms with van der Waals surface area (Å²) in [6, 6.07) is 14.4. The highest BCUT2D eigenvalue weighted by Crippen LogP contribution is 2.31. The zero-order chi connectivity index (χ0) is 21.9. The van der Waals surface area contributed by atoms with Gasteiger partial charge in [0.2, 0.25) is 0 Å². The molecule has 0 spiro atoms. The molecular weight excluding hydrogens is 400 g/mol. The van der Waals surface area contributed by atoms with Gasteiger partial charge in [-0.3, -0.25) is 15.1 Å². The van der Waals surface area contributed by atoms with Gasteiger partial charge in [-0.15, -0.1) is 0 Å². The molecule has 0 aliphatic carbocycles. The molecule has 7 nitrogen and oxygen atoms in total. The Morgan fingerprint density at radius 2 is 2.00 bits per heavy atom. The first kappa shape index (κ1) is 20.1. The molecule has 3 aromatic heterocycles. The van der Waals surface area contributed by atoms with Crippen LogP contribution in [-0.2, 0) is 4.74 Å². The van der Waals surface area contributed by atoms with Gasteiger partial charge in [-0.05, 0) is 48.2 Å². The number of rotatable bonds is 4. The van der Waals surface area contributed by atoms with E-state index >= 15 is 0 Å². The largest absolute Gasteiger partial charge is 0.378 e. The van der Waals surface area contributed by atoms with Crippen LogP contribution in [0.2, 0.25) is 0 Å². The lowest BCUT2D eigenvalue weighted by molar-refractivity contribution is 0.122. The minimum Gasteiger partial charge on any atom is -0.378 e. The number of benzene rings is 1. The first-order valence-corrected chi connectivity index (χ1v) is 10.6. The molecule has 1 aromatic carbocycles. The Morgan fingerprint density at radius 3 is 2.78 bits per heavy atom. The van der Waals surface area contributed by atoms with Crippen LogP contribution < -0.4 is 15.3 Å². The SMILES string of the molecule is C=N/C=c1/cccc/c1=C(/C)c1cc(N2CCOCC2)nc2c(-c3ccn[nH]3)nccc12. The van der Waals surface area contributed by atoms with E-state index in [2.05, 4.69) is 56.9 Å². The summed E-state index contributed by atoms with van der Waals surface area (Å²) in [5.41, 5.74) is 4.74. The highest BCUT2D eigenvalue weighted by molar-refractivity contribution is 5.98. The topological polar surface area (TPSA) is 79.3 Å². The summed E-state index contributed by atoms with van der Waals surface area (Å²) in [6.45, 7) is 8.78. The van der Waals surface area contributed by atoms with E-state index in [1.165, 1.54) is 0 Å². The van der Waals surface area contributed by atoms with Gasteiger partial charge in [-0.1, -0.05) is 24.3 Å². The summed E-state index contributed by atoms with van der Waals surface area (Å²) in [5, 5.41) is 10.3. The second kappa shape index (κ2) is 8.72. The fraction of sp³-hybridized carbons (Fsp3) is 0.200. The number of hydrogen-bond donors (Lipinski definition) is 1. The minimum atomic E-state index is 0.695. The molecular formula is C25H24N6O. The maximum atomic E-state index is 5.56. The zero-order valence-corrected chi connectivity index (χ0v) is 18.0. The summed E-state index contributed by atoms with van der Waals surface area (Å²) in [7, 11) is 0. The predicted molar refractivity (Wildman–Crippen MR) is 128 cm³/mol. The van der Waals surface area contributed by atoms with Crippen molar-refractivity contribution in [2.45, 2.75) is 6.92 Å². The Morgan fingerprint density at radius 1 is 1.16 bits per heavy atom. The number of hydrogen-bond acceptors (Lipinski definition) is 6. The van der Waals surface area contributed by atoms with Gasteiger partial charge in [-0.25, -0.2) is 4.98 Å². The van der Waals surface area contributed by atoms with Crippen molar-refractivity contribution < 1.29 is 4.74 Å². The number of pyridine rings is 2. The Kier molecular flexibility index (Phi) is 5.47. The molecule has 0 saturated carbocycles. The normalized spacial score (nSPS) is 15.8. The van der Waals surface area contributed by atoms with Crippen LogP contribution in [0, 0.1) is 0 Å². The van der Waals surface area contributed by atoms with Gasteiger partial charge in [0.15, 0.2) is 0 Å². The quantitative estimate of drug-likeness (QED) is 0.509. The van der Waals surface area contributed by atoms with Crippen molar-refractivity contribution >= 4 is 35.2 Å². The number of ether oxygens (including phenoxy) is 1. The van der Waals surface area contributed by atoms with E-state index in [9.17, 15) is 0 Å². The molecule has 0 amide bonds. The van der Waals surface area contributed by atoms with Crippen molar-refractivity contribution in [2.75, 3.05) is 31.2 Å². The number of fused-ring (bicyclic) bond motifs is 1. The number of aromatic amines is 1. The lowest BCUT2D eigenvalue weighted by Crippen LogP contribution is -2.36. The molecule has 1 aliphatic rings. The molecule has 5 rings (SSSR count). The molecule has 0 bridgehead atoms. The van der Waals surface area contributed by atoms with Crippen molar-refractivity contribution in [2.24, 2.45) is 4.99 Å². The van der Waals surface area contributed by atoms with Crippen LogP contribution in [0.3, 0.4) is 0 Å². The Labute approximate surface area is 185 Å². The lowest BCUT2D eigenvalue weighted by atomic mass is 9.98. The molecule has 32 heavy (non-hydrogen) atoms. The number of nitrogens with zero attached hydrogens (tertiary/aromatic N) is 5. The molecule has 0 atom stereocenters. The summed E-state index contributed by atoms with van der Waals surface area (Å²) in [5.74, 6) is 0.923. The van der Waals surface area contributed by atoms with Gasteiger partial charge in [0.05, 0.1) is 18.9 Å². The third-order valence-corrected chi connectivity index (χ3v) is 5.80. The van der Waals surface area contributed by atoms with Crippen molar-refractivity contribution in [3.8, 4) is 11.4 Å². The average Bonchev–Trinajstić information content (AvgIpc) is 3.38. The molecule has 160 valence electrons. The van der Waals surface area contributed by atoms with E-state index in [0.717, 1.165) is 62.8 Å². The van der Waals surface area contributed by atoms with Crippen LogP contribution in [0.4, 0.5) is 5.82 Å². The second-order valence-electron chi connectivity index (χ2n) is 7.68. The van der Waals surface area contributed by atoms with Gasteiger partial charge in [-0.2, -0.15) is 5.10 Å². The van der Waals surface area contributed by atoms with Gasteiger partial charge >= 0.3 is 0 Å². The first-order chi connectivity index (χ1) is 15.8. The molecule has 1 saturated heterocycles. The number of aliphatic imine (C=N–C) groups is 1. The van der Waals surface area contributed by atoms with E-state index in [1.54, 1.807) is 12.4 Å². The van der Waals surface area contributed by atoms with Crippen LogP contribution in [0.1, 0.15) is 12.5 Å². The Bertz CT molecular complexity index is 1390. The van der Waals surface area contributed by atoms with E-state index in [4.69, 9.17) is 9.72 Å². The van der Waals surface area contributed by atoms with Crippen LogP contribution in [0.25, 0.3) is 34.1 Å². The molecule has 7 heteroatoms. The predicted octanol–water partition coefficient (Wildman–Crippen LogP) is 2.51. The minimum absolute atomic E-state index is 0.695. The first-order valence-electron chi connectivity index (χ1n) is 10.6. The fourth-order valence-electron chi connectivity index (χ4n) is 4.18. The standard InChI is InChI=1S/C25H24N6O/c1-17(19-6-4-3-5-18(19)16-26-2)21-15-23(31-11-13-32-14-12-31)29-24-20(21)7-9-27-25(24)22-8-10-28-30-22/h3-10,15-16H,2,11-14H2,1H3,(H,28,30)/b18-16-,19-17+. The molecule has 0 unspecified atom stereocenters. The van der Waals surface area contributed by atoms with E-state index in [-0.39, 0.29) is 0 Å². The smallest absolute Gasteiger partial charge is 0.130 e. The fourth-order valence-corrected chi connectivity index (χ4v) is 4.18. The zero-order valence-electron chi connectivity index (χ0n) is 18.0. The molecule has 1 N–H and O–H groups in total. The summed E-state index contributed by atoms with van der Waals surface area (Å²) in [4.78, 5) is 16.0. The highest BCUT2D eigenvalue weighted by Gasteiger charge is 2.18. The maximum absolute atomic E-state index is 5.56. The van der Waals surface area contributed by atoms with Crippen LogP contribution in [0.15, 0.2) is 59.9 Å².